The van der Waals surface area contributed by atoms with E-state index in [1.165, 1.54) is 13.2 Å². The van der Waals surface area contributed by atoms with Gasteiger partial charge in [0.1, 0.15) is 11.9 Å². The van der Waals surface area contributed by atoms with Crippen LogP contribution in [0.1, 0.15) is 56.3 Å². The normalized spacial score (nSPS) is 20.2. The predicted octanol–water partition coefficient (Wildman–Crippen LogP) is 2.59. The number of aliphatic hydroxyl groups is 2. The molecule has 4 aromatic rings. The molecule has 1 aliphatic carbocycles. The van der Waals surface area contributed by atoms with Crippen molar-refractivity contribution in [1.82, 2.24) is 34.7 Å². The molecule has 4 aromatic heterocycles. The van der Waals surface area contributed by atoms with Crippen LogP contribution in [0.5, 0.6) is 5.88 Å². The van der Waals surface area contributed by atoms with Crippen LogP contribution in [0.25, 0.3) is 16.9 Å². The number of pyridine rings is 1. The van der Waals surface area contributed by atoms with E-state index in [0.717, 1.165) is 19.0 Å². The number of H-pyrrole nitrogens is 1. The fourth-order valence-corrected chi connectivity index (χ4v) is 5.39. The maximum Gasteiger partial charge on any atom is 0.227 e. The fourth-order valence-electron chi connectivity index (χ4n) is 5.39. The number of aromatic amines is 1. The molecule has 2 fully saturated rings. The lowest BCUT2D eigenvalue weighted by Gasteiger charge is -2.41. The molecule has 6 rings (SSSR count). The van der Waals surface area contributed by atoms with E-state index in [0.29, 0.717) is 47.8 Å². The topological polar surface area (TPSA) is 154 Å². The summed E-state index contributed by atoms with van der Waals surface area (Å²) < 4.78 is 21.0. The van der Waals surface area contributed by atoms with Crippen LogP contribution < -0.4 is 10.1 Å². The molecular weight excluding hydrogens is 507 g/mol. The second-order valence-corrected chi connectivity index (χ2v) is 10.2. The highest BCUT2D eigenvalue weighted by atomic mass is 19.1. The molecule has 12 nitrogen and oxygen atoms in total. The van der Waals surface area contributed by atoms with E-state index >= 15 is 0 Å². The molecule has 13 heteroatoms. The molecule has 1 unspecified atom stereocenters. The van der Waals surface area contributed by atoms with Crippen LogP contribution >= 0.6 is 0 Å². The summed E-state index contributed by atoms with van der Waals surface area (Å²) in [6, 6.07) is 4.76. The standard InChI is InChI=1S/C26H29FN8O4/c1-14(36)18-4-8-35-23(30-18)21(13-29-35)31-24(37)15-3-7-34(26(11-15)5-6-26)25(38)20-10-19(32-33-20)16-9-22(39-2)28-12-17(16)27/h4,8-10,12-15,25,36,38H,3,5-7,11H2,1-2H3,(H,31,37)(H,32,33)/t14-,15-,25?/m0/s1. The van der Waals surface area contributed by atoms with Gasteiger partial charge in [0.05, 0.1) is 42.7 Å². The smallest absolute Gasteiger partial charge is 0.227 e. The van der Waals surface area contributed by atoms with Crippen LogP contribution in [0, 0.1) is 11.7 Å². The van der Waals surface area contributed by atoms with E-state index in [1.54, 1.807) is 36.0 Å². The number of aromatic nitrogens is 6. The molecule has 2 aliphatic rings. The van der Waals surface area contributed by atoms with E-state index in [1.807, 2.05) is 4.90 Å². The van der Waals surface area contributed by atoms with Gasteiger partial charge in [-0.2, -0.15) is 10.2 Å². The van der Waals surface area contributed by atoms with Gasteiger partial charge < -0.3 is 20.3 Å². The number of hydrogen-bond donors (Lipinski definition) is 4. The summed E-state index contributed by atoms with van der Waals surface area (Å²) in [6.45, 7) is 2.13. The Hall–Kier alpha value is -3.94. The number of fused-ring (bicyclic) bond motifs is 1. The minimum atomic E-state index is -0.979. The molecule has 0 radical (unpaired) electrons. The monoisotopic (exact) mass is 536 g/mol. The number of likely N-dealkylation sites (tertiary alicyclic amines) is 1. The number of amides is 1. The van der Waals surface area contributed by atoms with Gasteiger partial charge in [0, 0.05) is 35.8 Å². The van der Waals surface area contributed by atoms with Gasteiger partial charge in [0.15, 0.2) is 11.5 Å². The van der Waals surface area contributed by atoms with Crippen molar-refractivity contribution in [1.29, 1.82) is 0 Å². The number of aliphatic hydroxyl groups excluding tert-OH is 2. The number of hydrogen-bond acceptors (Lipinski definition) is 9. The van der Waals surface area contributed by atoms with E-state index in [9.17, 15) is 19.4 Å². The van der Waals surface area contributed by atoms with Crippen molar-refractivity contribution in [2.24, 2.45) is 5.92 Å². The number of piperidine rings is 1. The Morgan fingerprint density at radius 3 is 2.87 bits per heavy atom. The van der Waals surface area contributed by atoms with Gasteiger partial charge in [-0.1, -0.05) is 0 Å². The maximum absolute atomic E-state index is 14.4. The summed E-state index contributed by atoms with van der Waals surface area (Å²) in [4.78, 5) is 23.5. The molecule has 39 heavy (non-hydrogen) atoms. The third kappa shape index (κ3) is 4.62. The Bertz CT molecular complexity index is 1530. The van der Waals surface area contributed by atoms with Crippen LogP contribution in [0.4, 0.5) is 10.1 Å². The van der Waals surface area contributed by atoms with Crippen LogP contribution in [-0.4, -0.2) is 70.0 Å². The number of ether oxygens (including phenoxy) is 1. The molecule has 5 heterocycles. The van der Waals surface area contributed by atoms with Crippen LogP contribution in [0.15, 0.2) is 36.8 Å². The number of nitrogens with zero attached hydrogens (tertiary/aromatic N) is 6. The Balaban J connectivity index is 1.15. The van der Waals surface area contributed by atoms with Crippen LogP contribution in [0.3, 0.4) is 0 Å². The van der Waals surface area contributed by atoms with Crippen molar-refractivity contribution >= 4 is 17.2 Å². The predicted molar refractivity (Wildman–Crippen MR) is 137 cm³/mol. The average molecular weight is 537 g/mol. The third-order valence-corrected chi connectivity index (χ3v) is 7.72. The number of rotatable bonds is 7. The second kappa shape index (κ2) is 9.67. The van der Waals surface area contributed by atoms with Crippen molar-refractivity contribution in [2.45, 2.75) is 50.5 Å². The van der Waals surface area contributed by atoms with Crippen LogP contribution in [0.2, 0.25) is 0 Å². The lowest BCUT2D eigenvalue weighted by Crippen LogP contribution is -2.48. The summed E-state index contributed by atoms with van der Waals surface area (Å²) in [7, 11) is 1.45. The fraction of sp³-hybridized carbons (Fsp3) is 0.423. The summed E-state index contributed by atoms with van der Waals surface area (Å²) in [5, 5.41) is 35.4. The minimum Gasteiger partial charge on any atom is -0.481 e. The first-order valence-electron chi connectivity index (χ1n) is 12.8. The molecule has 1 aliphatic heterocycles. The van der Waals surface area contributed by atoms with Crippen molar-refractivity contribution < 1.29 is 24.1 Å². The molecule has 0 bridgehead atoms. The Labute approximate surface area is 222 Å². The maximum atomic E-state index is 14.4. The molecule has 1 amide bonds. The van der Waals surface area contributed by atoms with Gasteiger partial charge in [-0.3, -0.25) is 14.8 Å². The summed E-state index contributed by atoms with van der Waals surface area (Å²) in [6.07, 6.45) is 5.47. The molecule has 1 spiro atoms. The molecule has 204 valence electrons. The molecular formula is C26H29FN8O4. The number of nitrogens with one attached hydrogen (secondary N) is 2. The van der Waals surface area contributed by atoms with Crippen molar-refractivity contribution in [2.75, 3.05) is 19.0 Å². The zero-order valence-electron chi connectivity index (χ0n) is 21.5. The molecule has 3 atom stereocenters. The lowest BCUT2D eigenvalue weighted by atomic mass is 9.87. The number of carbonyl (C=O) groups is 1. The first-order chi connectivity index (χ1) is 18.8. The summed E-state index contributed by atoms with van der Waals surface area (Å²) >= 11 is 0. The van der Waals surface area contributed by atoms with E-state index in [2.05, 4.69) is 30.6 Å². The zero-order chi connectivity index (χ0) is 27.3. The Morgan fingerprint density at radius 1 is 1.31 bits per heavy atom. The first kappa shape index (κ1) is 25.3. The summed E-state index contributed by atoms with van der Waals surface area (Å²) in [5.74, 6) is -0.656. The quantitative estimate of drug-likeness (QED) is 0.279. The average Bonchev–Trinajstić information content (AvgIpc) is 3.34. The highest BCUT2D eigenvalue weighted by molar-refractivity contribution is 5.95. The second-order valence-electron chi connectivity index (χ2n) is 10.2. The van der Waals surface area contributed by atoms with Gasteiger partial charge in [0.2, 0.25) is 11.8 Å². The van der Waals surface area contributed by atoms with Gasteiger partial charge in [-0.15, -0.1) is 0 Å². The van der Waals surface area contributed by atoms with Crippen molar-refractivity contribution in [3.63, 3.8) is 0 Å². The highest BCUT2D eigenvalue weighted by Gasteiger charge is 2.54. The third-order valence-electron chi connectivity index (χ3n) is 7.72. The van der Waals surface area contributed by atoms with E-state index in [-0.39, 0.29) is 28.8 Å². The summed E-state index contributed by atoms with van der Waals surface area (Å²) in [5.41, 5.74) is 2.15. The first-order valence-corrected chi connectivity index (χ1v) is 12.8. The molecule has 0 aromatic carbocycles. The molecule has 1 saturated heterocycles. The van der Waals surface area contributed by atoms with Gasteiger partial charge >= 0.3 is 0 Å². The van der Waals surface area contributed by atoms with Crippen molar-refractivity contribution in [3.05, 3.63) is 54.0 Å². The van der Waals surface area contributed by atoms with E-state index in [4.69, 9.17) is 4.74 Å². The Morgan fingerprint density at radius 2 is 2.13 bits per heavy atom. The Kier molecular flexibility index (Phi) is 6.28. The van der Waals surface area contributed by atoms with Crippen molar-refractivity contribution in [3.8, 4) is 17.1 Å². The minimum absolute atomic E-state index is 0.125. The number of halogens is 1. The molecule has 1 saturated carbocycles. The molecule has 4 N–H and O–H groups in total. The number of carbonyl (C=O) groups excluding carboxylic acids is 1. The number of anilines is 1. The van der Waals surface area contributed by atoms with Gasteiger partial charge in [-0.05, 0) is 44.7 Å². The zero-order valence-corrected chi connectivity index (χ0v) is 21.5. The SMILES string of the molecule is COc1cc(-c2cc(C(O)N3CC[C@H](C(=O)Nc4cnn5ccc([C@H](C)O)nc45)CC34CC4)[nH]n2)c(F)cn1. The largest absolute Gasteiger partial charge is 0.481 e. The highest BCUT2D eigenvalue weighted by Crippen LogP contribution is 2.52. The number of methoxy groups -OCH3 is 1. The van der Waals surface area contributed by atoms with Crippen LogP contribution in [-0.2, 0) is 4.79 Å². The van der Waals surface area contributed by atoms with Gasteiger partial charge in [-0.25, -0.2) is 18.9 Å². The van der Waals surface area contributed by atoms with Gasteiger partial charge in [0.25, 0.3) is 0 Å². The van der Waals surface area contributed by atoms with E-state index < -0.39 is 18.1 Å². The lowest BCUT2D eigenvalue weighted by molar-refractivity contribution is -0.125.